The van der Waals surface area contributed by atoms with Crippen molar-refractivity contribution in [3.63, 3.8) is 0 Å². The minimum Gasteiger partial charge on any atom is -0.258 e. The molecule has 16 heavy (non-hydrogen) atoms. The first-order valence-corrected chi connectivity index (χ1v) is 5.72. The van der Waals surface area contributed by atoms with Crippen LogP contribution in [0.15, 0.2) is 12.3 Å². The fraction of sp³-hybridized carbons (Fsp3) is 0.545. The van der Waals surface area contributed by atoms with E-state index in [-0.39, 0.29) is 11.1 Å². The zero-order valence-corrected chi connectivity index (χ0v) is 10.2. The minimum atomic E-state index is -0.420. The number of nitro groups is 1. The normalized spacial score (nSPS) is 12.4. The molecule has 0 aliphatic heterocycles. The molecule has 1 unspecified atom stereocenters. The van der Waals surface area contributed by atoms with E-state index in [0.29, 0.717) is 12.0 Å². The van der Waals surface area contributed by atoms with Crippen molar-refractivity contribution in [2.45, 2.75) is 38.5 Å². The van der Waals surface area contributed by atoms with Gasteiger partial charge in [-0.05, 0) is 19.4 Å². The molecule has 1 heterocycles. The first-order chi connectivity index (χ1) is 7.54. The Balaban J connectivity index is 2.77. The third-order valence-corrected chi connectivity index (χ3v) is 2.74. The molecule has 0 bridgehead atoms. The summed E-state index contributed by atoms with van der Waals surface area (Å²) < 4.78 is 0. The van der Waals surface area contributed by atoms with Crippen molar-refractivity contribution in [2.75, 3.05) is 0 Å². The number of alkyl halides is 1. The molecule has 0 amide bonds. The molecule has 4 nitrogen and oxygen atoms in total. The second-order valence-electron chi connectivity index (χ2n) is 3.81. The van der Waals surface area contributed by atoms with Gasteiger partial charge in [0.2, 0.25) is 0 Å². The van der Waals surface area contributed by atoms with Crippen molar-refractivity contribution in [1.82, 2.24) is 4.98 Å². The first kappa shape index (κ1) is 12.9. The molecule has 0 saturated heterocycles. The topological polar surface area (TPSA) is 56.0 Å². The molecule has 0 spiro atoms. The van der Waals surface area contributed by atoms with Crippen LogP contribution in [0.3, 0.4) is 0 Å². The lowest BCUT2D eigenvalue weighted by molar-refractivity contribution is -0.385. The molecule has 1 aromatic heterocycles. The van der Waals surface area contributed by atoms with Crippen molar-refractivity contribution >= 4 is 17.3 Å². The standard InChI is InChI=1S/C11H15ClN2O2/c1-3-4-9(12)6-10-5-8(2)11(7-13-10)14(15)16/h5,7,9H,3-4,6H2,1-2H3. The molecule has 5 heteroatoms. The van der Waals surface area contributed by atoms with E-state index in [9.17, 15) is 10.1 Å². The van der Waals surface area contributed by atoms with Crippen LogP contribution in [0.4, 0.5) is 5.69 Å². The van der Waals surface area contributed by atoms with E-state index >= 15 is 0 Å². The van der Waals surface area contributed by atoms with E-state index in [1.54, 1.807) is 13.0 Å². The van der Waals surface area contributed by atoms with E-state index in [1.165, 1.54) is 6.20 Å². The third-order valence-electron chi connectivity index (χ3n) is 2.37. The Morgan fingerprint density at radius 2 is 2.31 bits per heavy atom. The highest BCUT2D eigenvalue weighted by atomic mass is 35.5. The number of hydrogen-bond donors (Lipinski definition) is 0. The van der Waals surface area contributed by atoms with Gasteiger partial charge in [-0.15, -0.1) is 11.6 Å². The summed E-state index contributed by atoms with van der Waals surface area (Å²) in [6, 6.07) is 1.74. The maximum absolute atomic E-state index is 10.6. The number of aromatic nitrogens is 1. The summed E-state index contributed by atoms with van der Waals surface area (Å²) in [5.41, 5.74) is 1.51. The van der Waals surface area contributed by atoms with E-state index in [0.717, 1.165) is 18.5 Å². The van der Waals surface area contributed by atoms with Gasteiger partial charge in [0, 0.05) is 23.1 Å². The van der Waals surface area contributed by atoms with Crippen molar-refractivity contribution < 1.29 is 4.92 Å². The summed E-state index contributed by atoms with van der Waals surface area (Å²) in [5, 5.41) is 10.7. The number of nitrogens with zero attached hydrogens (tertiary/aromatic N) is 2. The molecular formula is C11H15ClN2O2. The maximum atomic E-state index is 10.6. The van der Waals surface area contributed by atoms with Crippen LogP contribution in [0.1, 0.15) is 31.0 Å². The summed E-state index contributed by atoms with van der Waals surface area (Å²) in [5.74, 6) is 0. The van der Waals surface area contributed by atoms with Gasteiger partial charge in [-0.25, -0.2) is 0 Å². The molecule has 1 atom stereocenters. The summed E-state index contributed by atoms with van der Waals surface area (Å²) in [7, 11) is 0. The second-order valence-corrected chi connectivity index (χ2v) is 4.43. The van der Waals surface area contributed by atoms with Crippen LogP contribution in [-0.2, 0) is 6.42 Å². The molecule has 0 aliphatic carbocycles. The van der Waals surface area contributed by atoms with E-state index < -0.39 is 4.92 Å². The van der Waals surface area contributed by atoms with Gasteiger partial charge in [-0.2, -0.15) is 0 Å². The van der Waals surface area contributed by atoms with E-state index in [4.69, 9.17) is 11.6 Å². The van der Waals surface area contributed by atoms with Gasteiger partial charge in [0.25, 0.3) is 5.69 Å². The quantitative estimate of drug-likeness (QED) is 0.452. The number of rotatable bonds is 5. The average molecular weight is 243 g/mol. The molecule has 88 valence electrons. The monoisotopic (exact) mass is 242 g/mol. The highest BCUT2D eigenvalue weighted by Crippen LogP contribution is 2.19. The molecule has 0 N–H and O–H groups in total. The van der Waals surface area contributed by atoms with Crippen molar-refractivity contribution in [3.05, 3.63) is 33.6 Å². The molecule has 0 aromatic carbocycles. The smallest absolute Gasteiger partial charge is 0.258 e. The first-order valence-electron chi connectivity index (χ1n) is 5.28. The Kier molecular flexibility index (Phi) is 4.68. The zero-order chi connectivity index (χ0) is 12.1. The summed E-state index contributed by atoms with van der Waals surface area (Å²) in [6.45, 7) is 3.79. The molecular weight excluding hydrogens is 228 g/mol. The lowest BCUT2D eigenvalue weighted by Crippen LogP contribution is -2.05. The molecule has 0 fully saturated rings. The Bertz CT molecular complexity index is 382. The second kappa shape index (κ2) is 5.80. The third kappa shape index (κ3) is 3.45. The van der Waals surface area contributed by atoms with E-state index in [1.807, 2.05) is 0 Å². The van der Waals surface area contributed by atoms with Crippen molar-refractivity contribution in [3.8, 4) is 0 Å². The van der Waals surface area contributed by atoms with Gasteiger partial charge in [-0.1, -0.05) is 13.3 Å². The lowest BCUT2D eigenvalue weighted by Gasteiger charge is -2.07. The summed E-state index contributed by atoms with van der Waals surface area (Å²) in [4.78, 5) is 14.2. The molecule has 0 saturated carbocycles. The zero-order valence-electron chi connectivity index (χ0n) is 9.44. The van der Waals surface area contributed by atoms with Gasteiger partial charge in [0.15, 0.2) is 0 Å². The van der Waals surface area contributed by atoms with Crippen LogP contribution < -0.4 is 0 Å². The summed E-state index contributed by atoms with van der Waals surface area (Å²) >= 11 is 6.10. The Labute approximate surface area is 99.8 Å². The van der Waals surface area contributed by atoms with Gasteiger partial charge in [0.1, 0.15) is 6.20 Å². The van der Waals surface area contributed by atoms with Crippen LogP contribution in [0.2, 0.25) is 0 Å². The molecule has 0 radical (unpaired) electrons. The van der Waals surface area contributed by atoms with Gasteiger partial charge in [0.05, 0.1) is 4.92 Å². The fourth-order valence-corrected chi connectivity index (χ4v) is 1.93. The average Bonchev–Trinajstić information content (AvgIpc) is 2.17. The molecule has 1 aromatic rings. The van der Waals surface area contributed by atoms with Crippen LogP contribution in [-0.4, -0.2) is 15.3 Å². The van der Waals surface area contributed by atoms with E-state index in [2.05, 4.69) is 11.9 Å². The molecule has 0 aliphatic rings. The lowest BCUT2D eigenvalue weighted by atomic mass is 10.1. The number of aryl methyl sites for hydroxylation is 1. The predicted octanol–water partition coefficient (Wildman–Crippen LogP) is 3.25. The predicted molar refractivity (Wildman–Crippen MR) is 63.9 cm³/mol. The Morgan fingerprint density at radius 1 is 1.62 bits per heavy atom. The van der Waals surface area contributed by atoms with Crippen molar-refractivity contribution in [2.24, 2.45) is 0 Å². The Morgan fingerprint density at radius 3 is 2.81 bits per heavy atom. The number of halogens is 1. The van der Waals surface area contributed by atoms with Crippen LogP contribution in [0, 0.1) is 17.0 Å². The number of hydrogen-bond acceptors (Lipinski definition) is 3. The summed E-state index contributed by atoms with van der Waals surface area (Å²) in [6.07, 6.45) is 3.92. The van der Waals surface area contributed by atoms with Gasteiger partial charge < -0.3 is 0 Å². The fourth-order valence-electron chi connectivity index (χ4n) is 1.55. The largest absolute Gasteiger partial charge is 0.290 e. The highest BCUT2D eigenvalue weighted by molar-refractivity contribution is 6.20. The van der Waals surface area contributed by atoms with Gasteiger partial charge >= 0.3 is 0 Å². The molecule has 1 rings (SSSR count). The SMILES string of the molecule is CCCC(Cl)Cc1cc(C)c([N+](=O)[O-])cn1. The van der Waals surface area contributed by atoms with Crippen LogP contribution >= 0.6 is 11.6 Å². The number of pyridine rings is 1. The van der Waals surface area contributed by atoms with Crippen LogP contribution in [0.25, 0.3) is 0 Å². The maximum Gasteiger partial charge on any atom is 0.290 e. The van der Waals surface area contributed by atoms with Crippen molar-refractivity contribution in [1.29, 1.82) is 0 Å². The van der Waals surface area contributed by atoms with Crippen LogP contribution in [0.5, 0.6) is 0 Å². The highest BCUT2D eigenvalue weighted by Gasteiger charge is 2.13. The minimum absolute atomic E-state index is 0.0540. The van der Waals surface area contributed by atoms with Gasteiger partial charge in [-0.3, -0.25) is 15.1 Å². The Hall–Kier alpha value is -1.16.